The molecule has 0 aliphatic carbocycles. The standard InChI is InChI=1S/C24H24ClN3O4S/c1-3-32-22-15-13-21(14-16-22)28(33(30,31)23-7-5-4-6-8-23)17-24(29)27-26-18(2)19-9-11-20(25)12-10-19/h4-16H,3,17H2,1-2H3,(H,27,29)/b26-18-. The lowest BCUT2D eigenvalue weighted by Gasteiger charge is -2.24. The van der Waals surface area contributed by atoms with Crippen LogP contribution < -0.4 is 14.5 Å². The molecule has 0 atom stereocenters. The molecule has 0 bridgehead atoms. The molecule has 172 valence electrons. The molecule has 0 saturated heterocycles. The second-order valence-corrected chi connectivity index (χ2v) is 9.29. The Morgan fingerprint density at radius 1 is 1.00 bits per heavy atom. The zero-order valence-electron chi connectivity index (χ0n) is 18.2. The predicted molar refractivity (Wildman–Crippen MR) is 130 cm³/mol. The van der Waals surface area contributed by atoms with E-state index < -0.39 is 22.5 Å². The van der Waals surface area contributed by atoms with Gasteiger partial charge in [-0.1, -0.05) is 41.9 Å². The fraction of sp³-hybridized carbons (Fsp3) is 0.167. The number of benzene rings is 3. The van der Waals surface area contributed by atoms with Gasteiger partial charge < -0.3 is 4.74 Å². The number of carbonyl (C=O) groups is 1. The molecule has 9 heteroatoms. The predicted octanol–water partition coefficient (Wildman–Crippen LogP) is 4.47. The quantitative estimate of drug-likeness (QED) is 0.357. The normalized spacial score (nSPS) is 11.7. The Morgan fingerprint density at radius 3 is 2.24 bits per heavy atom. The van der Waals surface area contributed by atoms with Crippen LogP contribution in [0.1, 0.15) is 19.4 Å². The SMILES string of the molecule is CCOc1ccc(N(CC(=O)N/N=C(/C)c2ccc(Cl)cc2)S(=O)(=O)c2ccccc2)cc1. The molecule has 0 unspecified atom stereocenters. The van der Waals surface area contributed by atoms with E-state index in [0.29, 0.717) is 28.8 Å². The highest BCUT2D eigenvalue weighted by Gasteiger charge is 2.27. The molecule has 0 aliphatic heterocycles. The van der Waals surface area contributed by atoms with Gasteiger partial charge in [-0.05, 0) is 67.9 Å². The van der Waals surface area contributed by atoms with Crippen molar-refractivity contribution in [1.29, 1.82) is 0 Å². The number of nitrogens with one attached hydrogen (secondary N) is 1. The van der Waals surface area contributed by atoms with Gasteiger partial charge in [0.15, 0.2) is 0 Å². The number of hydrazone groups is 1. The minimum absolute atomic E-state index is 0.0764. The van der Waals surface area contributed by atoms with E-state index in [9.17, 15) is 13.2 Å². The number of carbonyl (C=O) groups excluding carboxylic acids is 1. The highest BCUT2D eigenvalue weighted by Crippen LogP contribution is 2.25. The van der Waals surface area contributed by atoms with Crippen molar-refractivity contribution in [2.75, 3.05) is 17.5 Å². The molecule has 7 nitrogen and oxygen atoms in total. The third-order valence-electron chi connectivity index (χ3n) is 4.66. The maximum absolute atomic E-state index is 13.3. The number of nitrogens with zero attached hydrogens (tertiary/aromatic N) is 2. The highest BCUT2D eigenvalue weighted by molar-refractivity contribution is 7.92. The maximum Gasteiger partial charge on any atom is 0.264 e. The summed E-state index contributed by atoms with van der Waals surface area (Å²) >= 11 is 5.90. The van der Waals surface area contributed by atoms with Crippen molar-refractivity contribution in [3.05, 3.63) is 89.4 Å². The molecule has 0 heterocycles. The zero-order chi connectivity index (χ0) is 23.8. The van der Waals surface area contributed by atoms with Gasteiger partial charge in [0.2, 0.25) is 0 Å². The molecule has 1 N–H and O–H groups in total. The first kappa shape index (κ1) is 24.3. The molecule has 0 spiro atoms. The Hall–Kier alpha value is -3.36. The van der Waals surface area contributed by atoms with Crippen LogP contribution in [-0.2, 0) is 14.8 Å². The summed E-state index contributed by atoms with van der Waals surface area (Å²) in [6.45, 7) is 3.62. The molecule has 0 saturated carbocycles. The van der Waals surface area contributed by atoms with E-state index in [1.54, 1.807) is 73.7 Å². The van der Waals surface area contributed by atoms with Crippen LogP contribution in [0.3, 0.4) is 0 Å². The van der Waals surface area contributed by atoms with Gasteiger partial charge in [-0.15, -0.1) is 0 Å². The second kappa shape index (κ2) is 11.0. The topological polar surface area (TPSA) is 88.1 Å². The zero-order valence-corrected chi connectivity index (χ0v) is 19.8. The molecule has 1 amide bonds. The van der Waals surface area contributed by atoms with Gasteiger partial charge in [0.1, 0.15) is 12.3 Å². The van der Waals surface area contributed by atoms with E-state index in [1.807, 2.05) is 6.92 Å². The van der Waals surface area contributed by atoms with Crippen molar-refractivity contribution < 1.29 is 17.9 Å². The number of rotatable bonds is 9. The summed E-state index contributed by atoms with van der Waals surface area (Å²) in [5, 5.41) is 4.69. The van der Waals surface area contributed by atoms with Gasteiger partial charge in [0.05, 0.1) is 22.9 Å². The van der Waals surface area contributed by atoms with Gasteiger partial charge >= 0.3 is 0 Å². The van der Waals surface area contributed by atoms with E-state index in [2.05, 4.69) is 10.5 Å². The minimum atomic E-state index is -4.00. The van der Waals surface area contributed by atoms with Gasteiger partial charge in [0, 0.05) is 5.02 Å². The molecular weight excluding hydrogens is 462 g/mol. The average molecular weight is 486 g/mol. The van der Waals surface area contributed by atoms with Gasteiger partial charge in [-0.3, -0.25) is 9.10 Å². The number of sulfonamides is 1. The minimum Gasteiger partial charge on any atom is -0.494 e. The van der Waals surface area contributed by atoms with Crippen LogP contribution in [0.15, 0.2) is 88.9 Å². The van der Waals surface area contributed by atoms with Crippen LogP contribution in [0.5, 0.6) is 5.75 Å². The lowest BCUT2D eigenvalue weighted by Crippen LogP contribution is -2.39. The Labute approximate surface area is 198 Å². The van der Waals surface area contributed by atoms with Crippen LogP contribution in [0.25, 0.3) is 0 Å². The molecule has 0 radical (unpaired) electrons. The van der Waals surface area contributed by atoms with Crippen molar-refractivity contribution in [1.82, 2.24) is 5.43 Å². The first-order valence-corrected chi connectivity index (χ1v) is 12.0. The van der Waals surface area contributed by atoms with E-state index in [0.717, 1.165) is 9.87 Å². The van der Waals surface area contributed by atoms with Crippen molar-refractivity contribution in [3.8, 4) is 5.75 Å². The molecule has 3 aromatic carbocycles. The summed E-state index contributed by atoms with van der Waals surface area (Å²) in [5.74, 6) is 0.0163. The van der Waals surface area contributed by atoms with Gasteiger partial charge in [-0.25, -0.2) is 13.8 Å². The van der Waals surface area contributed by atoms with Crippen LogP contribution >= 0.6 is 11.6 Å². The molecule has 0 aromatic heterocycles. The van der Waals surface area contributed by atoms with Crippen molar-refractivity contribution in [2.45, 2.75) is 18.7 Å². The van der Waals surface area contributed by atoms with Crippen LogP contribution in [-0.4, -0.2) is 33.2 Å². The summed E-state index contributed by atoms with van der Waals surface area (Å²) in [7, 11) is -4.00. The lowest BCUT2D eigenvalue weighted by molar-refractivity contribution is -0.119. The number of amides is 1. The lowest BCUT2D eigenvalue weighted by atomic mass is 10.1. The van der Waals surface area contributed by atoms with E-state index in [-0.39, 0.29) is 4.90 Å². The van der Waals surface area contributed by atoms with Crippen LogP contribution in [0, 0.1) is 0 Å². The maximum atomic E-state index is 13.3. The van der Waals surface area contributed by atoms with Crippen molar-refractivity contribution in [2.24, 2.45) is 5.10 Å². The summed E-state index contributed by atoms with van der Waals surface area (Å²) in [6.07, 6.45) is 0. The molecule has 0 fully saturated rings. The number of halogens is 1. The molecule has 3 aromatic rings. The largest absolute Gasteiger partial charge is 0.494 e. The van der Waals surface area contributed by atoms with E-state index in [1.165, 1.54) is 12.1 Å². The summed E-state index contributed by atoms with van der Waals surface area (Å²) < 4.78 is 33.1. The number of ether oxygens (including phenoxy) is 1. The summed E-state index contributed by atoms with van der Waals surface area (Å²) in [6, 6.07) is 21.5. The molecular formula is C24H24ClN3O4S. The number of anilines is 1. The number of hydrogen-bond donors (Lipinski definition) is 1. The molecule has 3 rings (SSSR count). The van der Waals surface area contributed by atoms with Crippen LogP contribution in [0.4, 0.5) is 5.69 Å². The fourth-order valence-corrected chi connectivity index (χ4v) is 4.55. The van der Waals surface area contributed by atoms with E-state index >= 15 is 0 Å². The summed E-state index contributed by atoms with van der Waals surface area (Å²) in [5.41, 5.74) is 4.10. The first-order valence-electron chi connectivity index (χ1n) is 10.2. The second-order valence-electron chi connectivity index (χ2n) is 6.99. The average Bonchev–Trinajstić information content (AvgIpc) is 2.83. The Morgan fingerprint density at radius 2 is 1.64 bits per heavy atom. The van der Waals surface area contributed by atoms with E-state index in [4.69, 9.17) is 16.3 Å². The molecule has 0 aliphatic rings. The van der Waals surface area contributed by atoms with Crippen LogP contribution in [0.2, 0.25) is 5.02 Å². The third kappa shape index (κ3) is 6.34. The Bertz CT molecular complexity index is 1210. The van der Waals surface area contributed by atoms with Crippen molar-refractivity contribution >= 4 is 38.9 Å². The Kier molecular flexibility index (Phi) is 8.08. The summed E-state index contributed by atoms with van der Waals surface area (Å²) in [4.78, 5) is 12.8. The first-order chi connectivity index (χ1) is 15.8. The smallest absolute Gasteiger partial charge is 0.264 e. The molecule has 33 heavy (non-hydrogen) atoms. The van der Waals surface area contributed by atoms with Gasteiger partial charge in [0.25, 0.3) is 15.9 Å². The third-order valence-corrected chi connectivity index (χ3v) is 6.70. The Balaban J connectivity index is 1.85. The monoisotopic (exact) mass is 485 g/mol. The highest BCUT2D eigenvalue weighted by atomic mass is 35.5. The van der Waals surface area contributed by atoms with Crippen molar-refractivity contribution in [3.63, 3.8) is 0 Å². The fourth-order valence-electron chi connectivity index (χ4n) is 2.98. The number of hydrogen-bond acceptors (Lipinski definition) is 5. The van der Waals surface area contributed by atoms with Gasteiger partial charge in [-0.2, -0.15) is 5.10 Å².